The standard InChI is InChI=1S/C17H23N3O6S/c1-10(2)15(20-17(22)19-12-5-6-27(23,24)8-12)16(21)18-11-3-4-13-14(7-11)26-9-25-13/h3-4,7,10,12,15H,5-6,8-9H2,1-2H3,(H,18,21)(H2,19,20,22)/t12-,15+/m1/s1. The number of sulfone groups is 1. The first-order valence-corrected chi connectivity index (χ1v) is 10.5. The number of fused-ring (bicyclic) bond motifs is 1. The lowest BCUT2D eigenvalue weighted by Gasteiger charge is -2.23. The maximum atomic E-state index is 12.6. The fourth-order valence-electron chi connectivity index (χ4n) is 3.01. The van der Waals surface area contributed by atoms with Crippen LogP contribution < -0.4 is 25.4 Å². The van der Waals surface area contributed by atoms with Gasteiger partial charge in [-0.2, -0.15) is 0 Å². The van der Waals surface area contributed by atoms with E-state index in [-0.39, 0.29) is 30.1 Å². The normalized spacial score (nSPS) is 20.9. The van der Waals surface area contributed by atoms with E-state index in [1.165, 1.54) is 0 Å². The quantitative estimate of drug-likeness (QED) is 0.677. The lowest BCUT2D eigenvalue weighted by atomic mass is 10.0. The molecule has 3 N–H and O–H groups in total. The summed E-state index contributed by atoms with van der Waals surface area (Å²) < 4.78 is 33.5. The molecule has 0 aromatic heterocycles. The van der Waals surface area contributed by atoms with Gasteiger partial charge in [0.2, 0.25) is 12.7 Å². The minimum absolute atomic E-state index is 0.0656. The van der Waals surface area contributed by atoms with Gasteiger partial charge in [0.05, 0.1) is 11.5 Å². The number of hydrogen-bond donors (Lipinski definition) is 3. The minimum Gasteiger partial charge on any atom is -0.454 e. The molecule has 0 unspecified atom stereocenters. The number of anilines is 1. The van der Waals surface area contributed by atoms with Crippen molar-refractivity contribution >= 4 is 27.5 Å². The van der Waals surface area contributed by atoms with E-state index in [0.29, 0.717) is 23.6 Å². The molecule has 1 fully saturated rings. The molecule has 0 bridgehead atoms. The molecule has 0 saturated carbocycles. The summed E-state index contributed by atoms with van der Waals surface area (Å²) in [5, 5.41) is 8.01. The number of nitrogens with one attached hydrogen (secondary N) is 3. The van der Waals surface area contributed by atoms with Crippen LogP contribution in [-0.4, -0.2) is 50.7 Å². The van der Waals surface area contributed by atoms with Gasteiger partial charge in [-0.1, -0.05) is 13.8 Å². The first-order valence-electron chi connectivity index (χ1n) is 8.71. The van der Waals surface area contributed by atoms with Gasteiger partial charge in [-0.15, -0.1) is 0 Å². The second-order valence-corrected chi connectivity index (χ2v) is 9.23. The van der Waals surface area contributed by atoms with Gasteiger partial charge in [-0.25, -0.2) is 13.2 Å². The Bertz CT molecular complexity index is 839. The second-order valence-electron chi connectivity index (χ2n) is 7.00. The van der Waals surface area contributed by atoms with E-state index in [9.17, 15) is 18.0 Å². The van der Waals surface area contributed by atoms with Gasteiger partial charge >= 0.3 is 6.03 Å². The lowest BCUT2D eigenvalue weighted by Crippen LogP contribution is -2.52. The van der Waals surface area contributed by atoms with Crippen molar-refractivity contribution < 1.29 is 27.5 Å². The summed E-state index contributed by atoms with van der Waals surface area (Å²) in [5.41, 5.74) is 0.527. The molecule has 2 aliphatic heterocycles. The van der Waals surface area contributed by atoms with Crippen molar-refractivity contribution in [3.05, 3.63) is 18.2 Å². The molecule has 0 spiro atoms. The lowest BCUT2D eigenvalue weighted by molar-refractivity contribution is -0.118. The number of benzene rings is 1. The molecule has 1 saturated heterocycles. The van der Waals surface area contributed by atoms with Crippen molar-refractivity contribution in [3.63, 3.8) is 0 Å². The average molecular weight is 397 g/mol. The Balaban J connectivity index is 1.59. The van der Waals surface area contributed by atoms with E-state index in [1.807, 2.05) is 13.8 Å². The van der Waals surface area contributed by atoms with Gasteiger partial charge in [0.25, 0.3) is 0 Å². The maximum Gasteiger partial charge on any atom is 0.315 e. The van der Waals surface area contributed by atoms with Crippen LogP contribution in [0.3, 0.4) is 0 Å². The summed E-state index contributed by atoms with van der Waals surface area (Å²) in [6.45, 7) is 3.76. The number of hydrogen-bond acceptors (Lipinski definition) is 6. The molecule has 9 nitrogen and oxygen atoms in total. The summed E-state index contributed by atoms with van der Waals surface area (Å²) in [7, 11) is -3.09. The topological polar surface area (TPSA) is 123 Å². The Labute approximate surface area is 157 Å². The zero-order valence-corrected chi connectivity index (χ0v) is 16.0. The highest BCUT2D eigenvalue weighted by molar-refractivity contribution is 7.91. The third-order valence-electron chi connectivity index (χ3n) is 4.44. The first-order chi connectivity index (χ1) is 12.7. The zero-order chi connectivity index (χ0) is 19.6. The van der Waals surface area contributed by atoms with E-state index in [2.05, 4.69) is 16.0 Å². The van der Waals surface area contributed by atoms with Gasteiger partial charge in [-0.05, 0) is 24.5 Å². The van der Waals surface area contributed by atoms with E-state index in [4.69, 9.17) is 9.47 Å². The molecule has 148 valence electrons. The minimum atomic E-state index is -3.09. The molecule has 3 rings (SSSR count). The van der Waals surface area contributed by atoms with E-state index >= 15 is 0 Å². The summed E-state index contributed by atoms with van der Waals surface area (Å²) in [5.74, 6) is 0.598. The van der Waals surface area contributed by atoms with E-state index < -0.39 is 28.0 Å². The number of carbonyl (C=O) groups is 2. The van der Waals surface area contributed by atoms with Gasteiger partial charge in [-0.3, -0.25) is 4.79 Å². The number of rotatable bonds is 5. The number of urea groups is 1. The number of amides is 3. The molecule has 0 radical (unpaired) electrons. The van der Waals surface area contributed by atoms with Crippen LogP contribution in [0.4, 0.5) is 10.5 Å². The first kappa shape index (κ1) is 19.3. The van der Waals surface area contributed by atoms with E-state index in [1.54, 1.807) is 18.2 Å². The Morgan fingerprint density at radius 2 is 1.93 bits per heavy atom. The highest BCUT2D eigenvalue weighted by Gasteiger charge is 2.31. The SMILES string of the molecule is CC(C)[C@H](NC(=O)N[C@@H]1CCS(=O)(=O)C1)C(=O)Nc1ccc2c(c1)OCO2. The Morgan fingerprint density at radius 3 is 2.59 bits per heavy atom. The number of ether oxygens (including phenoxy) is 2. The molecule has 1 aromatic rings. The highest BCUT2D eigenvalue weighted by atomic mass is 32.2. The van der Waals surface area contributed by atoms with Crippen molar-refractivity contribution in [3.8, 4) is 11.5 Å². The van der Waals surface area contributed by atoms with Gasteiger partial charge in [0.1, 0.15) is 6.04 Å². The van der Waals surface area contributed by atoms with Crippen LogP contribution in [-0.2, 0) is 14.6 Å². The second kappa shape index (κ2) is 7.63. The molecule has 2 heterocycles. The van der Waals surface area contributed by atoms with Crippen molar-refractivity contribution in [2.45, 2.75) is 32.4 Å². The fourth-order valence-corrected chi connectivity index (χ4v) is 4.68. The predicted molar refractivity (Wildman–Crippen MR) is 98.5 cm³/mol. The molecular weight excluding hydrogens is 374 g/mol. The smallest absolute Gasteiger partial charge is 0.315 e. The third kappa shape index (κ3) is 4.82. The van der Waals surface area contributed by atoms with Crippen molar-refractivity contribution in [2.24, 2.45) is 5.92 Å². The summed E-state index contributed by atoms with van der Waals surface area (Å²) in [6.07, 6.45) is 0.380. The Morgan fingerprint density at radius 1 is 1.19 bits per heavy atom. The van der Waals surface area contributed by atoms with Crippen molar-refractivity contribution in [1.29, 1.82) is 0 Å². The summed E-state index contributed by atoms with van der Waals surface area (Å²) in [4.78, 5) is 24.8. The van der Waals surface area contributed by atoms with Crippen LogP contribution in [0.2, 0.25) is 0 Å². The summed E-state index contributed by atoms with van der Waals surface area (Å²) in [6, 6.07) is 3.26. The molecule has 3 amide bonds. The third-order valence-corrected chi connectivity index (χ3v) is 6.21. The van der Waals surface area contributed by atoms with Gasteiger partial charge in [0.15, 0.2) is 21.3 Å². The van der Waals surface area contributed by atoms with E-state index in [0.717, 1.165) is 0 Å². The Kier molecular flexibility index (Phi) is 5.45. The molecule has 2 atom stereocenters. The fraction of sp³-hybridized carbons (Fsp3) is 0.529. The monoisotopic (exact) mass is 397 g/mol. The molecular formula is C17H23N3O6S. The molecule has 27 heavy (non-hydrogen) atoms. The molecule has 10 heteroatoms. The van der Waals surface area contributed by atoms with Crippen molar-refractivity contribution in [1.82, 2.24) is 10.6 Å². The molecule has 0 aliphatic carbocycles. The summed E-state index contributed by atoms with van der Waals surface area (Å²) >= 11 is 0. The van der Waals surface area contributed by atoms with Crippen molar-refractivity contribution in [2.75, 3.05) is 23.6 Å². The Hall–Kier alpha value is -2.49. The largest absolute Gasteiger partial charge is 0.454 e. The van der Waals surface area contributed by atoms with Gasteiger partial charge < -0.3 is 25.4 Å². The van der Waals surface area contributed by atoms with Crippen LogP contribution >= 0.6 is 0 Å². The molecule has 2 aliphatic rings. The maximum absolute atomic E-state index is 12.6. The zero-order valence-electron chi connectivity index (χ0n) is 15.2. The van der Waals surface area contributed by atoms with Crippen LogP contribution in [0, 0.1) is 5.92 Å². The molecule has 1 aromatic carbocycles. The van der Waals surface area contributed by atoms with Crippen LogP contribution in [0.5, 0.6) is 11.5 Å². The van der Waals surface area contributed by atoms with Crippen LogP contribution in [0.15, 0.2) is 18.2 Å². The van der Waals surface area contributed by atoms with Gasteiger partial charge in [0, 0.05) is 17.8 Å². The van der Waals surface area contributed by atoms with Crippen LogP contribution in [0.25, 0.3) is 0 Å². The number of carbonyl (C=O) groups excluding carboxylic acids is 2. The highest BCUT2D eigenvalue weighted by Crippen LogP contribution is 2.34. The predicted octanol–water partition coefficient (Wildman–Crippen LogP) is 0.865. The van der Waals surface area contributed by atoms with Crippen LogP contribution in [0.1, 0.15) is 20.3 Å². The average Bonchev–Trinajstić information content (AvgIpc) is 3.17.